The number of hydrogen-bond acceptors (Lipinski definition) is 4. The van der Waals surface area contributed by atoms with Crippen molar-refractivity contribution in [3.63, 3.8) is 0 Å². The molecule has 1 aliphatic heterocycles. The van der Waals surface area contributed by atoms with E-state index in [9.17, 15) is 9.59 Å². The van der Waals surface area contributed by atoms with Crippen LogP contribution in [0, 0.1) is 0 Å². The number of rotatable bonds is 2. The van der Waals surface area contributed by atoms with Crippen LogP contribution >= 0.6 is 0 Å². The Bertz CT molecular complexity index is 325. The van der Waals surface area contributed by atoms with Crippen LogP contribution in [-0.4, -0.2) is 64.8 Å². The van der Waals surface area contributed by atoms with Gasteiger partial charge in [-0.25, -0.2) is 4.79 Å². The Labute approximate surface area is 107 Å². The van der Waals surface area contributed by atoms with E-state index >= 15 is 0 Å². The molecule has 1 amide bonds. The lowest BCUT2D eigenvalue weighted by Crippen LogP contribution is -2.55. The van der Waals surface area contributed by atoms with Gasteiger partial charge in [-0.15, -0.1) is 0 Å². The SMILES string of the molecule is CC1CN(C(=O)OC(C)(C)C)CCN1CC(=O)O. The highest BCUT2D eigenvalue weighted by Crippen LogP contribution is 2.14. The predicted octanol–water partition coefficient (Wildman–Crippen LogP) is 1.01. The average Bonchev–Trinajstić information content (AvgIpc) is 2.17. The van der Waals surface area contributed by atoms with E-state index in [1.54, 1.807) is 4.90 Å². The lowest BCUT2D eigenvalue weighted by atomic mass is 10.2. The number of amides is 1. The Morgan fingerprint density at radius 3 is 2.39 bits per heavy atom. The van der Waals surface area contributed by atoms with E-state index in [4.69, 9.17) is 9.84 Å². The number of ether oxygens (including phenoxy) is 1. The van der Waals surface area contributed by atoms with Gasteiger partial charge in [0.25, 0.3) is 0 Å². The van der Waals surface area contributed by atoms with Gasteiger partial charge in [-0.1, -0.05) is 0 Å². The van der Waals surface area contributed by atoms with Crippen molar-refractivity contribution in [1.82, 2.24) is 9.80 Å². The zero-order valence-electron chi connectivity index (χ0n) is 11.5. The molecule has 1 fully saturated rings. The first-order valence-electron chi connectivity index (χ1n) is 6.13. The van der Waals surface area contributed by atoms with E-state index < -0.39 is 11.6 Å². The molecule has 1 rings (SSSR count). The Morgan fingerprint density at radius 2 is 1.94 bits per heavy atom. The predicted molar refractivity (Wildman–Crippen MR) is 66.5 cm³/mol. The number of piperazine rings is 1. The minimum Gasteiger partial charge on any atom is -0.480 e. The molecule has 0 aromatic rings. The molecule has 1 unspecified atom stereocenters. The van der Waals surface area contributed by atoms with Crippen molar-refractivity contribution >= 4 is 12.1 Å². The molecule has 1 heterocycles. The van der Waals surface area contributed by atoms with E-state index in [0.717, 1.165) is 0 Å². The number of aliphatic carboxylic acids is 1. The minimum absolute atomic E-state index is 0.0172. The first-order chi connectivity index (χ1) is 8.19. The molecule has 0 bridgehead atoms. The molecule has 0 radical (unpaired) electrons. The molecule has 0 spiro atoms. The van der Waals surface area contributed by atoms with Gasteiger partial charge >= 0.3 is 12.1 Å². The van der Waals surface area contributed by atoms with Gasteiger partial charge in [0.2, 0.25) is 0 Å². The molecule has 0 saturated carbocycles. The van der Waals surface area contributed by atoms with E-state index in [-0.39, 0.29) is 18.7 Å². The molecule has 1 aliphatic rings. The number of carboxylic acids is 1. The van der Waals surface area contributed by atoms with Crippen molar-refractivity contribution in [2.24, 2.45) is 0 Å². The molecule has 0 aliphatic carbocycles. The summed E-state index contributed by atoms with van der Waals surface area (Å²) in [6.07, 6.45) is -0.329. The largest absolute Gasteiger partial charge is 0.480 e. The summed E-state index contributed by atoms with van der Waals surface area (Å²) in [5.41, 5.74) is -0.501. The summed E-state index contributed by atoms with van der Waals surface area (Å²) >= 11 is 0. The van der Waals surface area contributed by atoms with Crippen LogP contribution in [0.1, 0.15) is 27.7 Å². The van der Waals surface area contributed by atoms with Crippen molar-refractivity contribution in [3.05, 3.63) is 0 Å². The second-order valence-electron chi connectivity index (χ2n) is 5.64. The zero-order valence-corrected chi connectivity index (χ0v) is 11.5. The Kier molecular flexibility index (Phi) is 4.56. The normalized spacial score (nSPS) is 21.8. The third-order valence-corrected chi connectivity index (χ3v) is 2.76. The summed E-state index contributed by atoms with van der Waals surface area (Å²) in [4.78, 5) is 26.0. The molecular weight excluding hydrogens is 236 g/mol. The van der Waals surface area contributed by atoms with Crippen LogP contribution in [0.3, 0.4) is 0 Å². The summed E-state index contributed by atoms with van der Waals surface area (Å²) in [6, 6.07) is 0.0300. The number of carbonyl (C=O) groups excluding carboxylic acids is 1. The van der Waals surface area contributed by atoms with Gasteiger partial charge < -0.3 is 14.7 Å². The molecule has 1 atom stereocenters. The highest BCUT2D eigenvalue weighted by Gasteiger charge is 2.30. The number of nitrogens with zero attached hydrogens (tertiary/aromatic N) is 2. The Morgan fingerprint density at radius 1 is 1.33 bits per heavy atom. The quantitative estimate of drug-likeness (QED) is 0.800. The summed E-state index contributed by atoms with van der Waals surface area (Å²) in [6.45, 7) is 8.99. The molecule has 1 saturated heterocycles. The van der Waals surface area contributed by atoms with Crippen LogP contribution in [0.2, 0.25) is 0 Å². The Hall–Kier alpha value is -1.30. The summed E-state index contributed by atoms with van der Waals surface area (Å²) in [5.74, 6) is -0.840. The molecular formula is C12H22N2O4. The fourth-order valence-corrected chi connectivity index (χ4v) is 1.90. The van der Waals surface area contributed by atoms with Crippen molar-refractivity contribution in [1.29, 1.82) is 0 Å². The van der Waals surface area contributed by atoms with Crippen LogP contribution in [0.4, 0.5) is 4.79 Å². The van der Waals surface area contributed by atoms with Crippen LogP contribution < -0.4 is 0 Å². The first kappa shape index (κ1) is 14.8. The topological polar surface area (TPSA) is 70.1 Å². The van der Waals surface area contributed by atoms with Gasteiger partial charge in [0.15, 0.2) is 0 Å². The molecule has 104 valence electrons. The lowest BCUT2D eigenvalue weighted by Gasteiger charge is -2.39. The highest BCUT2D eigenvalue weighted by molar-refractivity contribution is 5.70. The monoisotopic (exact) mass is 258 g/mol. The van der Waals surface area contributed by atoms with Gasteiger partial charge in [-0.2, -0.15) is 0 Å². The van der Waals surface area contributed by atoms with Crippen molar-refractivity contribution < 1.29 is 19.4 Å². The second kappa shape index (κ2) is 5.56. The van der Waals surface area contributed by atoms with E-state index in [1.165, 1.54) is 0 Å². The van der Waals surface area contributed by atoms with Gasteiger partial charge in [-0.3, -0.25) is 9.69 Å². The zero-order chi connectivity index (χ0) is 13.9. The second-order valence-corrected chi connectivity index (χ2v) is 5.64. The maximum absolute atomic E-state index is 11.9. The maximum atomic E-state index is 11.9. The third kappa shape index (κ3) is 4.52. The molecule has 1 N–H and O–H groups in total. The van der Waals surface area contributed by atoms with E-state index in [0.29, 0.717) is 19.6 Å². The van der Waals surface area contributed by atoms with E-state index in [1.807, 2.05) is 32.6 Å². The average molecular weight is 258 g/mol. The third-order valence-electron chi connectivity index (χ3n) is 2.76. The minimum atomic E-state index is -0.840. The van der Waals surface area contributed by atoms with Gasteiger partial charge in [0.1, 0.15) is 5.60 Å². The highest BCUT2D eigenvalue weighted by atomic mass is 16.6. The fraction of sp³-hybridized carbons (Fsp3) is 0.833. The van der Waals surface area contributed by atoms with Crippen molar-refractivity contribution in [3.8, 4) is 0 Å². The summed E-state index contributed by atoms with van der Waals surface area (Å²) < 4.78 is 5.29. The molecule has 0 aromatic heterocycles. The Balaban J connectivity index is 2.50. The summed E-state index contributed by atoms with van der Waals surface area (Å²) in [7, 11) is 0. The maximum Gasteiger partial charge on any atom is 0.410 e. The van der Waals surface area contributed by atoms with Gasteiger partial charge in [-0.05, 0) is 27.7 Å². The molecule has 0 aromatic carbocycles. The number of hydrogen-bond donors (Lipinski definition) is 1. The van der Waals surface area contributed by atoms with E-state index in [2.05, 4.69) is 0 Å². The molecule has 18 heavy (non-hydrogen) atoms. The lowest BCUT2D eigenvalue weighted by molar-refractivity contribution is -0.139. The molecule has 6 nitrogen and oxygen atoms in total. The van der Waals surface area contributed by atoms with Crippen LogP contribution in [0.5, 0.6) is 0 Å². The molecule has 6 heteroatoms. The summed E-state index contributed by atoms with van der Waals surface area (Å²) in [5, 5.41) is 8.76. The standard InChI is InChI=1S/C12H22N2O4/c1-9-7-14(11(17)18-12(2,3)4)6-5-13(9)8-10(15)16/h9H,5-8H2,1-4H3,(H,15,16). The fourth-order valence-electron chi connectivity index (χ4n) is 1.90. The van der Waals surface area contributed by atoms with Crippen LogP contribution in [0.15, 0.2) is 0 Å². The van der Waals surface area contributed by atoms with Crippen LogP contribution in [-0.2, 0) is 9.53 Å². The van der Waals surface area contributed by atoms with Crippen molar-refractivity contribution in [2.75, 3.05) is 26.2 Å². The van der Waals surface area contributed by atoms with Gasteiger partial charge in [0, 0.05) is 25.7 Å². The number of carbonyl (C=O) groups is 2. The first-order valence-corrected chi connectivity index (χ1v) is 6.13. The van der Waals surface area contributed by atoms with Crippen molar-refractivity contribution in [2.45, 2.75) is 39.3 Å². The van der Waals surface area contributed by atoms with Crippen LogP contribution in [0.25, 0.3) is 0 Å². The van der Waals surface area contributed by atoms with Gasteiger partial charge in [0.05, 0.1) is 6.54 Å². The number of carboxylic acid groups (broad SMARTS) is 1. The smallest absolute Gasteiger partial charge is 0.410 e.